The van der Waals surface area contributed by atoms with Crippen molar-refractivity contribution in [1.82, 2.24) is 19.4 Å². The van der Waals surface area contributed by atoms with E-state index in [0.717, 1.165) is 39.6 Å². The first-order valence-electron chi connectivity index (χ1n) is 8.96. The zero-order chi connectivity index (χ0) is 19.1. The zero-order valence-electron chi connectivity index (χ0n) is 16.1. The Balaban J connectivity index is 2.11. The molecule has 4 aromatic rings. The summed E-state index contributed by atoms with van der Waals surface area (Å²) >= 11 is 0. The van der Waals surface area contributed by atoms with Crippen LogP contribution in [0.3, 0.4) is 0 Å². The van der Waals surface area contributed by atoms with Gasteiger partial charge in [-0.1, -0.05) is 12.1 Å². The van der Waals surface area contributed by atoms with E-state index in [0.29, 0.717) is 11.5 Å². The Morgan fingerprint density at radius 2 is 1.67 bits per heavy atom. The van der Waals surface area contributed by atoms with Gasteiger partial charge in [0.1, 0.15) is 17.1 Å². The maximum Gasteiger partial charge on any atom is 0.215 e. The Morgan fingerprint density at radius 1 is 0.926 bits per heavy atom. The van der Waals surface area contributed by atoms with Crippen molar-refractivity contribution in [2.24, 2.45) is 0 Å². The van der Waals surface area contributed by atoms with E-state index in [-0.39, 0.29) is 6.10 Å². The molecule has 0 aliphatic heterocycles. The third kappa shape index (κ3) is 2.87. The summed E-state index contributed by atoms with van der Waals surface area (Å²) in [5, 5.41) is 0. The SMILES string of the molecule is COc1ccc2nc(C)c3c(C)nc(-c4ccccc4OC(C)C)n3c2n1. The van der Waals surface area contributed by atoms with Gasteiger partial charge in [-0.05, 0) is 45.9 Å². The molecule has 3 heterocycles. The van der Waals surface area contributed by atoms with Gasteiger partial charge in [-0.25, -0.2) is 9.97 Å². The lowest BCUT2D eigenvalue weighted by Crippen LogP contribution is -2.07. The van der Waals surface area contributed by atoms with Crippen molar-refractivity contribution >= 4 is 16.7 Å². The van der Waals surface area contributed by atoms with E-state index >= 15 is 0 Å². The lowest BCUT2D eigenvalue weighted by Gasteiger charge is -2.14. The van der Waals surface area contributed by atoms with E-state index in [1.54, 1.807) is 7.11 Å². The first-order valence-corrected chi connectivity index (χ1v) is 8.96. The number of ether oxygens (including phenoxy) is 2. The van der Waals surface area contributed by atoms with Crippen LogP contribution in [0.4, 0.5) is 0 Å². The van der Waals surface area contributed by atoms with Crippen LogP contribution in [0.1, 0.15) is 25.2 Å². The lowest BCUT2D eigenvalue weighted by atomic mass is 10.2. The molecule has 1 aromatic carbocycles. The van der Waals surface area contributed by atoms with Crippen molar-refractivity contribution in [2.45, 2.75) is 33.8 Å². The number of methoxy groups -OCH3 is 1. The average molecular weight is 362 g/mol. The molecule has 6 heteroatoms. The predicted molar refractivity (Wildman–Crippen MR) is 106 cm³/mol. The molecule has 0 saturated heterocycles. The topological polar surface area (TPSA) is 61.5 Å². The Kier molecular flexibility index (Phi) is 4.18. The number of nitrogens with zero attached hydrogens (tertiary/aromatic N) is 4. The van der Waals surface area contributed by atoms with Crippen LogP contribution in [0.5, 0.6) is 11.6 Å². The first-order chi connectivity index (χ1) is 13.0. The Morgan fingerprint density at radius 3 is 2.41 bits per heavy atom. The van der Waals surface area contributed by atoms with Gasteiger partial charge in [-0.3, -0.25) is 4.40 Å². The molecule has 0 radical (unpaired) electrons. The van der Waals surface area contributed by atoms with Crippen molar-refractivity contribution in [3.63, 3.8) is 0 Å². The highest BCUT2D eigenvalue weighted by Crippen LogP contribution is 2.34. The molecule has 0 N–H and O–H groups in total. The standard InChI is InChI=1S/C21H22N4O2/c1-12(2)27-17-9-7-6-8-15(17)20-23-14(4)19-13(3)22-16-10-11-18(26-5)24-21(16)25(19)20/h6-12H,1-5H3. The molecule has 138 valence electrons. The van der Waals surface area contributed by atoms with E-state index in [9.17, 15) is 0 Å². The van der Waals surface area contributed by atoms with Crippen LogP contribution >= 0.6 is 0 Å². The molecule has 6 nitrogen and oxygen atoms in total. The second-order valence-corrected chi connectivity index (χ2v) is 6.76. The molecule has 0 bridgehead atoms. The van der Waals surface area contributed by atoms with Crippen LogP contribution in [0, 0.1) is 13.8 Å². The third-order valence-corrected chi connectivity index (χ3v) is 4.42. The number of rotatable bonds is 4. The second kappa shape index (κ2) is 6.54. The number of fused-ring (bicyclic) bond motifs is 3. The lowest BCUT2D eigenvalue weighted by molar-refractivity contribution is 0.243. The number of hydrogen-bond donors (Lipinski definition) is 0. The smallest absolute Gasteiger partial charge is 0.215 e. The monoisotopic (exact) mass is 362 g/mol. The van der Waals surface area contributed by atoms with Gasteiger partial charge in [0.2, 0.25) is 5.88 Å². The Hall–Kier alpha value is -3.15. The summed E-state index contributed by atoms with van der Waals surface area (Å²) in [6.07, 6.45) is 0.0665. The van der Waals surface area contributed by atoms with Crippen molar-refractivity contribution in [3.8, 4) is 23.0 Å². The van der Waals surface area contributed by atoms with Gasteiger partial charge in [-0.15, -0.1) is 0 Å². The number of imidazole rings is 1. The summed E-state index contributed by atoms with van der Waals surface area (Å²) in [7, 11) is 1.61. The predicted octanol–water partition coefficient (Wildman–Crippen LogP) is 4.36. The fraction of sp³-hybridized carbons (Fsp3) is 0.286. The minimum atomic E-state index is 0.0665. The van der Waals surface area contributed by atoms with Crippen LogP contribution < -0.4 is 9.47 Å². The van der Waals surface area contributed by atoms with Crippen LogP contribution in [-0.4, -0.2) is 32.6 Å². The molecule has 0 spiro atoms. The van der Waals surface area contributed by atoms with Gasteiger partial charge in [-0.2, -0.15) is 4.98 Å². The van der Waals surface area contributed by atoms with Crippen molar-refractivity contribution in [1.29, 1.82) is 0 Å². The number of benzene rings is 1. The normalized spacial score (nSPS) is 11.5. The highest BCUT2D eigenvalue weighted by atomic mass is 16.5. The number of pyridine rings is 1. The number of hydrogen-bond acceptors (Lipinski definition) is 5. The van der Waals surface area contributed by atoms with E-state index < -0.39 is 0 Å². The molecule has 0 aliphatic rings. The highest BCUT2D eigenvalue weighted by Gasteiger charge is 2.20. The van der Waals surface area contributed by atoms with E-state index in [4.69, 9.17) is 19.4 Å². The van der Waals surface area contributed by atoms with E-state index in [1.807, 2.05) is 64.1 Å². The van der Waals surface area contributed by atoms with Gasteiger partial charge in [0, 0.05) is 6.07 Å². The van der Waals surface area contributed by atoms with Crippen molar-refractivity contribution in [3.05, 3.63) is 47.8 Å². The molecule has 0 fully saturated rings. The average Bonchev–Trinajstić information content (AvgIpc) is 2.99. The molecule has 0 aliphatic carbocycles. The van der Waals surface area contributed by atoms with Crippen LogP contribution in [0.15, 0.2) is 36.4 Å². The minimum absolute atomic E-state index is 0.0665. The molecule has 0 amide bonds. The summed E-state index contributed by atoms with van der Waals surface area (Å²) in [6.45, 7) is 8.02. The first kappa shape index (κ1) is 17.3. The van der Waals surface area contributed by atoms with Gasteiger partial charge in [0.15, 0.2) is 5.65 Å². The molecular weight excluding hydrogens is 340 g/mol. The van der Waals surface area contributed by atoms with Crippen LogP contribution in [-0.2, 0) is 0 Å². The Bertz CT molecular complexity index is 1150. The summed E-state index contributed by atoms with van der Waals surface area (Å²) in [4.78, 5) is 14.2. The van der Waals surface area contributed by atoms with E-state index in [2.05, 4.69) is 9.38 Å². The molecule has 3 aromatic heterocycles. The number of aryl methyl sites for hydroxylation is 2. The number of para-hydroxylation sites is 1. The Labute approximate surface area is 157 Å². The van der Waals surface area contributed by atoms with Crippen LogP contribution in [0.25, 0.3) is 28.1 Å². The molecule has 0 saturated carbocycles. The summed E-state index contributed by atoms with van der Waals surface area (Å²) in [5.41, 5.74) is 5.20. The molecule has 0 unspecified atom stereocenters. The molecule has 4 rings (SSSR count). The summed E-state index contributed by atoms with van der Waals surface area (Å²) in [6, 6.07) is 11.7. The minimum Gasteiger partial charge on any atom is -0.490 e. The van der Waals surface area contributed by atoms with Crippen molar-refractivity contribution in [2.75, 3.05) is 7.11 Å². The van der Waals surface area contributed by atoms with Gasteiger partial charge < -0.3 is 9.47 Å². The fourth-order valence-electron chi connectivity index (χ4n) is 3.37. The summed E-state index contributed by atoms with van der Waals surface area (Å²) < 4.78 is 13.4. The maximum absolute atomic E-state index is 6.03. The maximum atomic E-state index is 6.03. The highest BCUT2D eigenvalue weighted by molar-refractivity contribution is 5.82. The third-order valence-electron chi connectivity index (χ3n) is 4.42. The van der Waals surface area contributed by atoms with Crippen molar-refractivity contribution < 1.29 is 9.47 Å². The van der Waals surface area contributed by atoms with Gasteiger partial charge in [0.05, 0.1) is 35.7 Å². The molecule has 27 heavy (non-hydrogen) atoms. The summed E-state index contributed by atoms with van der Waals surface area (Å²) in [5.74, 6) is 2.12. The van der Waals surface area contributed by atoms with Crippen LogP contribution in [0.2, 0.25) is 0 Å². The second-order valence-electron chi connectivity index (χ2n) is 6.76. The number of aromatic nitrogens is 4. The molecular formula is C21H22N4O2. The largest absolute Gasteiger partial charge is 0.490 e. The fourth-order valence-corrected chi connectivity index (χ4v) is 3.37. The zero-order valence-corrected chi connectivity index (χ0v) is 16.1. The van der Waals surface area contributed by atoms with E-state index in [1.165, 1.54) is 0 Å². The van der Waals surface area contributed by atoms with Gasteiger partial charge >= 0.3 is 0 Å². The quantitative estimate of drug-likeness (QED) is 0.540. The van der Waals surface area contributed by atoms with Gasteiger partial charge in [0.25, 0.3) is 0 Å². The molecule has 0 atom stereocenters.